The van der Waals surface area contributed by atoms with Crippen molar-refractivity contribution >= 4 is 11.9 Å². The smallest absolute Gasteiger partial charge is 0.361 e. The van der Waals surface area contributed by atoms with Crippen LogP contribution in [0.4, 0.5) is 0 Å². The predicted molar refractivity (Wildman–Crippen MR) is 109 cm³/mol. The fourth-order valence-corrected chi connectivity index (χ4v) is 2.89. The van der Waals surface area contributed by atoms with E-state index < -0.39 is 5.97 Å². The molecule has 6 nitrogen and oxygen atoms in total. The van der Waals surface area contributed by atoms with E-state index in [0.29, 0.717) is 11.7 Å². The van der Waals surface area contributed by atoms with E-state index in [1.54, 1.807) is 6.92 Å². The van der Waals surface area contributed by atoms with Crippen LogP contribution in [0.2, 0.25) is 0 Å². The summed E-state index contributed by atoms with van der Waals surface area (Å²) in [5, 5.41) is 2.84. The highest BCUT2D eigenvalue weighted by Gasteiger charge is 2.21. The maximum atomic E-state index is 12.3. The van der Waals surface area contributed by atoms with E-state index in [-0.39, 0.29) is 24.2 Å². The van der Waals surface area contributed by atoms with Gasteiger partial charge in [0.15, 0.2) is 12.3 Å². The Morgan fingerprint density at radius 3 is 2.48 bits per heavy atom. The summed E-state index contributed by atoms with van der Waals surface area (Å²) in [4.78, 5) is 28.7. The molecule has 0 saturated carbocycles. The lowest BCUT2D eigenvalue weighted by Gasteiger charge is -2.15. The third-order valence-electron chi connectivity index (χ3n) is 4.75. The highest BCUT2D eigenvalue weighted by Crippen LogP contribution is 2.22. The first-order valence-electron chi connectivity index (χ1n) is 9.41. The molecule has 150 valence electrons. The van der Waals surface area contributed by atoms with Crippen molar-refractivity contribution in [1.82, 2.24) is 10.3 Å². The molecule has 0 bridgehead atoms. The lowest BCUT2D eigenvalue weighted by Crippen LogP contribution is -2.31. The Morgan fingerprint density at radius 2 is 1.79 bits per heavy atom. The van der Waals surface area contributed by atoms with E-state index in [1.165, 1.54) is 5.56 Å². The number of oxazole rings is 1. The Kier molecular flexibility index (Phi) is 6.12. The minimum Gasteiger partial charge on any atom is -0.451 e. The molecule has 0 fully saturated rings. The summed E-state index contributed by atoms with van der Waals surface area (Å²) in [6.45, 7) is 7.20. The molecular weight excluding hydrogens is 368 g/mol. The van der Waals surface area contributed by atoms with E-state index >= 15 is 0 Å². The number of ether oxygens (including phenoxy) is 1. The molecule has 29 heavy (non-hydrogen) atoms. The molecule has 0 saturated heterocycles. The zero-order valence-corrected chi connectivity index (χ0v) is 17.0. The average molecular weight is 392 g/mol. The Labute approximate surface area is 169 Å². The molecule has 2 aromatic carbocycles. The van der Waals surface area contributed by atoms with Crippen LogP contribution in [0, 0.1) is 20.8 Å². The molecule has 0 unspecified atom stereocenters. The summed E-state index contributed by atoms with van der Waals surface area (Å²) in [6.07, 6.45) is 0. The van der Waals surface area contributed by atoms with Crippen LogP contribution in [0.3, 0.4) is 0 Å². The van der Waals surface area contributed by atoms with Crippen molar-refractivity contribution in [2.24, 2.45) is 0 Å². The minimum atomic E-state index is -0.692. The SMILES string of the molecule is Cc1ccc([C@@H](C)NC(=O)COC(=O)c2nc(-c3ccccc3)oc2C)cc1C. The third kappa shape index (κ3) is 4.90. The van der Waals surface area contributed by atoms with Crippen molar-refractivity contribution in [2.45, 2.75) is 33.7 Å². The van der Waals surface area contributed by atoms with Crippen LogP contribution in [0.5, 0.6) is 0 Å². The van der Waals surface area contributed by atoms with Crippen LogP contribution in [0.25, 0.3) is 11.5 Å². The number of aryl methyl sites for hydroxylation is 3. The van der Waals surface area contributed by atoms with Gasteiger partial charge in [0.2, 0.25) is 5.89 Å². The van der Waals surface area contributed by atoms with Crippen molar-refractivity contribution in [3.8, 4) is 11.5 Å². The standard InChI is InChI=1S/C23H24N2O4/c1-14-10-11-19(12-15(14)2)16(3)24-20(26)13-28-23(27)21-17(4)29-22(25-21)18-8-6-5-7-9-18/h5-12,16H,13H2,1-4H3,(H,24,26)/t16-/m1/s1. The van der Waals surface area contributed by atoms with Gasteiger partial charge in [0.1, 0.15) is 5.76 Å². The van der Waals surface area contributed by atoms with E-state index in [2.05, 4.69) is 10.3 Å². The molecule has 1 amide bonds. The van der Waals surface area contributed by atoms with E-state index in [0.717, 1.165) is 16.7 Å². The topological polar surface area (TPSA) is 81.4 Å². The second kappa shape index (κ2) is 8.73. The number of hydrogen-bond donors (Lipinski definition) is 1. The van der Waals surface area contributed by atoms with Gasteiger partial charge in [-0.15, -0.1) is 0 Å². The Hall–Kier alpha value is -3.41. The van der Waals surface area contributed by atoms with E-state index in [9.17, 15) is 9.59 Å². The zero-order valence-electron chi connectivity index (χ0n) is 17.0. The van der Waals surface area contributed by atoms with Crippen molar-refractivity contribution in [3.05, 3.63) is 76.7 Å². The van der Waals surface area contributed by atoms with Gasteiger partial charge in [-0.1, -0.05) is 36.4 Å². The third-order valence-corrected chi connectivity index (χ3v) is 4.75. The van der Waals surface area contributed by atoms with Crippen LogP contribution in [0.1, 0.15) is 45.9 Å². The van der Waals surface area contributed by atoms with E-state index in [4.69, 9.17) is 9.15 Å². The van der Waals surface area contributed by atoms with Gasteiger partial charge >= 0.3 is 5.97 Å². The highest BCUT2D eigenvalue weighted by atomic mass is 16.5. The summed E-state index contributed by atoms with van der Waals surface area (Å²) in [6, 6.07) is 15.1. The number of benzene rings is 2. The minimum absolute atomic E-state index is 0.0684. The number of nitrogens with one attached hydrogen (secondary N) is 1. The number of nitrogens with zero attached hydrogens (tertiary/aromatic N) is 1. The van der Waals surface area contributed by atoms with Gasteiger partial charge < -0.3 is 14.5 Å². The summed E-state index contributed by atoms with van der Waals surface area (Å²) in [5.41, 5.74) is 4.17. The molecule has 0 aliphatic rings. The van der Waals surface area contributed by atoms with Crippen molar-refractivity contribution < 1.29 is 18.7 Å². The van der Waals surface area contributed by atoms with Crippen LogP contribution < -0.4 is 5.32 Å². The van der Waals surface area contributed by atoms with Crippen LogP contribution in [-0.2, 0) is 9.53 Å². The first kappa shape index (κ1) is 20.3. The zero-order chi connectivity index (χ0) is 21.0. The van der Waals surface area contributed by atoms with Gasteiger partial charge in [-0.05, 0) is 56.5 Å². The Bertz CT molecular complexity index is 1020. The molecule has 0 radical (unpaired) electrons. The summed E-state index contributed by atoms with van der Waals surface area (Å²) < 4.78 is 10.7. The largest absolute Gasteiger partial charge is 0.451 e. The van der Waals surface area contributed by atoms with Crippen molar-refractivity contribution in [1.29, 1.82) is 0 Å². The maximum absolute atomic E-state index is 12.3. The van der Waals surface area contributed by atoms with Gasteiger partial charge in [-0.25, -0.2) is 9.78 Å². The number of carbonyl (C=O) groups excluding carboxylic acids is 2. The van der Waals surface area contributed by atoms with Crippen molar-refractivity contribution in [2.75, 3.05) is 6.61 Å². The highest BCUT2D eigenvalue weighted by molar-refractivity contribution is 5.91. The predicted octanol–water partition coefficient (Wildman–Crippen LogP) is 4.30. The second-order valence-corrected chi connectivity index (χ2v) is 7.00. The second-order valence-electron chi connectivity index (χ2n) is 7.00. The normalized spacial score (nSPS) is 11.7. The lowest BCUT2D eigenvalue weighted by atomic mass is 10.0. The molecule has 3 aromatic rings. The van der Waals surface area contributed by atoms with E-state index in [1.807, 2.05) is 69.3 Å². The monoisotopic (exact) mass is 392 g/mol. The summed E-state index contributed by atoms with van der Waals surface area (Å²) >= 11 is 0. The number of carbonyl (C=O) groups is 2. The van der Waals surface area contributed by atoms with Gasteiger partial charge in [0.25, 0.3) is 5.91 Å². The molecule has 1 heterocycles. The summed E-state index contributed by atoms with van der Waals surface area (Å²) in [7, 11) is 0. The quantitative estimate of drug-likeness (QED) is 0.633. The summed E-state index contributed by atoms with van der Waals surface area (Å²) in [5.74, 6) is -0.392. The molecule has 0 aliphatic heterocycles. The molecule has 3 rings (SSSR count). The van der Waals surface area contributed by atoms with Gasteiger partial charge in [0.05, 0.1) is 6.04 Å². The molecule has 1 atom stereocenters. The number of aromatic nitrogens is 1. The van der Waals surface area contributed by atoms with Gasteiger partial charge in [-0.3, -0.25) is 4.79 Å². The fraction of sp³-hybridized carbons (Fsp3) is 0.261. The van der Waals surface area contributed by atoms with Crippen LogP contribution in [0.15, 0.2) is 52.9 Å². The first-order chi connectivity index (χ1) is 13.8. The number of esters is 1. The molecule has 6 heteroatoms. The van der Waals surface area contributed by atoms with Crippen molar-refractivity contribution in [3.63, 3.8) is 0 Å². The number of rotatable bonds is 6. The number of amides is 1. The van der Waals surface area contributed by atoms with Gasteiger partial charge in [0, 0.05) is 5.56 Å². The number of hydrogen-bond acceptors (Lipinski definition) is 5. The molecule has 0 spiro atoms. The molecule has 1 aromatic heterocycles. The first-order valence-corrected chi connectivity index (χ1v) is 9.41. The van der Waals surface area contributed by atoms with Gasteiger partial charge in [-0.2, -0.15) is 0 Å². The fourth-order valence-electron chi connectivity index (χ4n) is 2.89. The van der Waals surface area contributed by atoms with Crippen LogP contribution in [-0.4, -0.2) is 23.5 Å². The Balaban J connectivity index is 1.58. The maximum Gasteiger partial charge on any atom is 0.361 e. The molecule has 0 aliphatic carbocycles. The Morgan fingerprint density at radius 1 is 1.07 bits per heavy atom. The molecular formula is C23H24N2O4. The lowest BCUT2D eigenvalue weighted by molar-refractivity contribution is -0.124. The van der Waals surface area contributed by atoms with Crippen LogP contribution >= 0.6 is 0 Å². The molecule has 1 N–H and O–H groups in total. The average Bonchev–Trinajstić information content (AvgIpc) is 3.10.